The number of likely N-dealkylation sites (N-methyl/N-ethyl adjacent to an activating group) is 1. The van der Waals surface area contributed by atoms with Gasteiger partial charge in [-0.2, -0.15) is 12.7 Å². The van der Waals surface area contributed by atoms with Crippen LogP contribution in [0.1, 0.15) is 24.2 Å². The second kappa shape index (κ2) is 11.2. The molecule has 3 atom stereocenters. The number of anilines is 1. The molecule has 2 aromatic heterocycles. The zero-order chi connectivity index (χ0) is 29.4. The molecule has 1 aliphatic heterocycles. The number of nitrogens with zero attached hydrogens (tertiary/aromatic N) is 6. The summed E-state index contributed by atoms with van der Waals surface area (Å²) >= 11 is 0. The lowest BCUT2D eigenvalue weighted by molar-refractivity contribution is 0.0389. The third-order valence-corrected chi connectivity index (χ3v) is 9.64. The highest BCUT2D eigenvalue weighted by Gasteiger charge is 2.37. The Balaban J connectivity index is 1.76. The first-order valence-electron chi connectivity index (χ1n) is 12.4. The van der Waals surface area contributed by atoms with Gasteiger partial charge in [-0.25, -0.2) is 18.4 Å². The highest BCUT2D eigenvalue weighted by atomic mass is 32.2. The number of rotatable bonds is 9. The van der Waals surface area contributed by atoms with Crippen LogP contribution >= 0.6 is 0 Å². The second-order valence-electron chi connectivity index (χ2n) is 9.95. The monoisotopic (exact) mass is 595 g/mol. The van der Waals surface area contributed by atoms with Gasteiger partial charge in [0.2, 0.25) is 0 Å². The Bertz CT molecular complexity index is 1600. The van der Waals surface area contributed by atoms with Crippen LogP contribution in [0.25, 0.3) is 0 Å². The second-order valence-corrected chi connectivity index (χ2v) is 13.6. The van der Waals surface area contributed by atoms with Crippen molar-refractivity contribution >= 4 is 31.6 Å². The van der Waals surface area contributed by atoms with Crippen molar-refractivity contribution in [3.63, 3.8) is 0 Å². The van der Waals surface area contributed by atoms with Crippen LogP contribution in [0.3, 0.4) is 0 Å². The average molecular weight is 596 g/mol. The summed E-state index contributed by atoms with van der Waals surface area (Å²) in [7, 11) is -3.45. The van der Waals surface area contributed by atoms with Crippen LogP contribution in [-0.4, -0.2) is 95.0 Å². The summed E-state index contributed by atoms with van der Waals surface area (Å²) in [5.41, 5.74) is 0.0519. The molecule has 0 saturated carbocycles. The normalized spacial score (nSPS) is 19.1. The molecular formula is C24H33N7O7S2. The zero-order valence-corrected chi connectivity index (χ0v) is 24.4. The van der Waals surface area contributed by atoms with Crippen LogP contribution in [0.5, 0.6) is 5.75 Å². The van der Waals surface area contributed by atoms with Crippen LogP contribution in [0.4, 0.5) is 5.69 Å². The number of para-hydroxylation sites is 1. The Kier molecular flexibility index (Phi) is 8.26. The molecule has 1 aromatic carbocycles. The molecule has 14 nitrogen and oxygen atoms in total. The Labute approximate surface area is 233 Å². The molecule has 3 aromatic rings. The Morgan fingerprint density at radius 1 is 1.12 bits per heavy atom. The fourth-order valence-electron chi connectivity index (χ4n) is 4.30. The summed E-state index contributed by atoms with van der Waals surface area (Å²) < 4.78 is 65.5. The summed E-state index contributed by atoms with van der Waals surface area (Å²) in [6.07, 6.45) is 4.62. The first kappa shape index (κ1) is 29.5. The fraction of sp³-hybridized carbons (Fsp3) is 0.458. The smallest absolute Gasteiger partial charge is 0.281 e. The highest BCUT2D eigenvalue weighted by Crippen LogP contribution is 2.36. The number of aryl methyl sites for hydroxylation is 2. The van der Waals surface area contributed by atoms with Gasteiger partial charge < -0.3 is 23.9 Å². The molecular weight excluding hydrogens is 562 g/mol. The number of hydrogen-bond acceptors (Lipinski definition) is 9. The number of amides is 1. The van der Waals surface area contributed by atoms with Crippen molar-refractivity contribution in [2.45, 2.75) is 36.0 Å². The number of aliphatic hydroxyl groups excluding tert-OH is 1. The number of imidazole rings is 2. The van der Waals surface area contributed by atoms with E-state index >= 15 is 0 Å². The van der Waals surface area contributed by atoms with E-state index in [1.807, 2.05) is 0 Å². The Morgan fingerprint density at radius 3 is 2.33 bits per heavy atom. The topological polar surface area (TPSA) is 169 Å². The molecule has 218 valence electrons. The molecule has 2 N–H and O–H groups in total. The fourth-order valence-corrected chi connectivity index (χ4v) is 6.49. The van der Waals surface area contributed by atoms with E-state index in [9.17, 15) is 26.7 Å². The number of benzene rings is 1. The standard InChI is InChI=1S/C24H33N7O7S2/c1-16-9-31(17(2)13-32)24(33)18-7-6-8-19(27-39(34,35)21-11-28(3)14-25-21)23(18)38-20(16)10-30(5)40(36,37)22-12-29(4)15-26-22/h6-8,11-12,14-17,20,27,32H,9-10,13H2,1-5H3/t16-,17-,20-/m1/s1. The van der Waals surface area contributed by atoms with Crippen molar-refractivity contribution in [1.82, 2.24) is 28.3 Å². The van der Waals surface area contributed by atoms with E-state index in [0.29, 0.717) is 0 Å². The van der Waals surface area contributed by atoms with Gasteiger partial charge in [-0.3, -0.25) is 9.52 Å². The van der Waals surface area contributed by atoms with E-state index in [1.54, 1.807) is 27.9 Å². The van der Waals surface area contributed by atoms with E-state index in [1.165, 1.54) is 64.3 Å². The van der Waals surface area contributed by atoms with Gasteiger partial charge in [0.15, 0.2) is 15.8 Å². The third-order valence-electron chi connectivity index (χ3n) is 6.68. The lowest BCUT2D eigenvalue weighted by atomic mass is 9.99. The first-order chi connectivity index (χ1) is 18.7. The lowest BCUT2D eigenvalue weighted by Gasteiger charge is -2.38. The molecule has 0 aliphatic carbocycles. The number of carbonyl (C=O) groups is 1. The predicted molar refractivity (Wildman–Crippen MR) is 145 cm³/mol. The molecule has 0 spiro atoms. The molecule has 4 rings (SSSR count). The molecule has 16 heteroatoms. The summed E-state index contributed by atoms with van der Waals surface area (Å²) in [5, 5.41) is 9.50. The van der Waals surface area contributed by atoms with E-state index in [4.69, 9.17) is 4.74 Å². The maximum atomic E-state index is 13.6. The summed E-state index contributed by atoms with van der Waals surface area (Å²) in [5.74, 6) is -0.939. The van der Waals surface area contributed by atoms with Crippen molar-refractivity contribution in [2.24, 2.45) is 20.0 Å². The van der Waals surface area contributed by atoms with Crippen LogP contribution in [-0.2, 0) is 34.1 Å². The number of hydrogen-bond donors (Lipinski definition) is 2. The first-order valence-corrected chi connectivity index (χ1v) is 15.3. The number of ether oxygens (including phenoxy) is 1. The lowest BCUT2D eigenvalue weighted by Crippen LogP contribution is -2.50. The predicted octanol–water partition coefficient (Wildman–Crippen LogP) is 0.495. The molecule has 40 heavy (non-hydrogen) atoms. The summed E-state index contributed by atoms with van der Waals surface area (Å²) in [4.78, 5) is 23.0. The molecule has 1 aliphatic rings. The zero-order valence-electron chi connectivity index (χ0n) is 22.8. The maximum absolute atomic E-state index is 13.6. The van der Waals surface area contributed by atoms with Gasteiger partial charge >= 0.3 is 0 Å². The van der Waals surface area contributed by atoms with Gasteiger partial charge in [0.1, 0.15) is 6.10 Å². The van der Waals surface area contributed by atoms with Crippen LogP contribution in [0.2, 0.25) is 0 Å². The third kappa shape index (κ3) is 5.84. The van der Waals surface area contributed by atoms with Gasteiger partial charge in [-0.05, 0) is 19.1 Å². The Morgan fingerprint density at radius 2 is 1.75 bits per heavy atom. The van der Waals surface area contributed by atoms with E-state index < -0.39 is 44.0 Å². The molecule has 0 radical (unpaired) electrons. The van der Waals surface area contributed by atoms with Crippen LogP contribution in [0, 0.1) is 5.92 Å². The minimum atomic E-state index is -4.15. The number of fused-ring (bicyclic) bond motifs is 1. The largest absolute Gasteiger partial charge is 0.486 e. The SMILES string of the molecule is C[C@@H]1CN([C@H](C)CO)C(=O)c2cccc(NS(=O)(=O)c3cn(C)cn3)c2O[C@@H]1CN(C)S(=O)(=O)c1cn(C)cn1. The van der Waals surface area contributed by atoms with Crippen LogP contribution < -0.4 is 9.46 Å². The molecule has 1 amide bonds. The van der Waals surface area contributed by atoms with Crippen LogP contribution in [0.15, 0.2) is 53.3 Å². The van der Waals surface area contributed by atoms with Gasteiger partial charge in [0.25, 0.3) is 26.0 Å². The molecule has 0 fully saturated rings. The number of aromatic nitrogens is 4. The summed E-state index contributed by atoms with van der Waals surface area (Å²) in [6.45, 7) is 3.21. The Hall–Kier alpha value is -3.47. The minimum absolute atomic E-state index is 0.0116. The minimum Gasteiger partial charge on any atom is -0.486 e. The number of aliphatic hydroxyl groups is 1. The average Bonchev–Trinajstić information content (AvgIpc) is 3.54. The summed E-state index contributed by atoms with van der Waals surface area (Å²) in [6, 6.07) is 3.89. The molecule has 0 saturated heterocycles. The quantitative estimate of drug-likeness (QED) is 0.358. The van der Waals surface area contributed by atoms with Crippen molar-refractivity contribution in [2.75, 3.05) is 31.5 Å². The van der Waals surface area contributed by atoms with Gasteiger partial charge in [0.05, 0.1) is 43.1 Å². The van der Waals surface area contributed by atoms with Gasteiger partial charge in [-0.1, -0.05) is 13.0 Å². The van der Waals surface area contributed by atoms with E-state index in [-0.39, 0.29) is 46.7 Å². The van der Waals surface area contributed by atoms with E-state index in [2.05, 4.69) is 14.7 Å². The van der Waals surface area contributed by atoms with Crippen molar-refractivity contribution in [3.8, 4) is 5.75 Å². The highest BCUT2D eigenvalue weighted by molar-refractivity contribution is 7.92. The van der Waals surface area contributed by atoms with Gasteiger partial charge in [0, 0.05) is 46.0 Å². The number of sulfonamides is 2. The number of carbonyl (C=O) groups excluding carboxylic acids is 1. The molecule has 0 bridgehead atoms. The number of nitrogens with one attached hydrogen (secondary N) is 1. The maximum Gasteiger partial charge on any atom is 0.281 e. The van der Waals surface area contributed by atoms with Crippen molar-refractivity contribution in [1.29, 1.82) is 0 Å². The molecule has 3 heterocycles. The molecule has 0 unspecified atom stereocenters. The van der Waals surface area contributed by atoms with Crippen molar-refractivity contribution < 1.29 is 31.5 Å². The van der Waals surface area contributed by atoms with E-state index in [0.717, 1.165) is 4.31 Å². The van der Waals surface area contributed by atoms with Gasteiger partial charge in [-0.15, -0.1) is 0 Å². The van der Waals surface area contributed by atoms with Crippen molar-refractivity contribution in [3.05, 3.63) is 48.8 Å².